The molecule has 0 spiro atoms. The lowest BCUT2D eigenvalue weighted by Crippen LogP contribution is -2.36. The predicted octanol–water partition coefficient (Wildman–Crippen LogP) is 2.39. The lowest BCUT2D eigenvalue weighted by Gasteiger charge is -2.19. The second-order valence-corrected chi connectivity index (χ2v) is 5.58. The fraction of sp³-hybridized carbons (Fsp3) is 0.455. The van der Waals surface area contributed by atoms with Gasteiger partial charge in [-0.2, -0.15) is 0 Å². The quantitative estimate of drug-likeness (QED) is 0.872. The number of thioether (sulfide) groups is 2. The minimum absolute atomic E-state index is 0.932. The van der Waals surface area contributed by atoms with Crippen molar-refractivity contribution in [3.8, 4) is 0 Å². The highest BCUT2D eigenvalue weighted by Gasteiger charge is 2.08. The Labute approximate surface area is 99.8 Å². The van der Waals surface area contributed by atoms with Crippen LogP contribution in [0, 0.1) is 0 Å². The Morgan fingerprint density at radius 3 is 2.40 bits per heavy atom. The lowest BCUT2D eigenvalue weighted by atomic mass is 10.2. The molecular weight excluding hydrogens is 224 g/mol. The van der Waals surface area contributed by atoms with Crippen molar-refractivity contribution in [2.45, 2.75) is 6.54 Å². The van der Waals surface area contributed by atoms with Crippen LogP contribution in [0.4, 0.5) is 0 Å². The number of hydrogen-bond acceptors (Lipinski definition) is 4. The molecule has 2 nitrogen and oxygen atoms in total. The second-order valence-electron chi connectivity index (χ2n) is 3.44. The Morgan fingerprint density at radius 1 is 1.07 bits per heavy atom. The van der Waals surface area contributed by atoms with Crippen molar-refractivity contribution >= 4 is 23.5 Å². The summed E-state index contributed by atoms with van der Waals surface area (Å²) in [6.07, 6.45) is 0. The molecule has 82 valence electrons. The van der Waals surface area contributed by atoms with E-state index in [0.29, 0.717) is 0 Å². The van der Waals surface area contributed by atoms with Crippen LogP contribution in [0.25, 0.3) is 0 Å². The van der Waals surface area contributed by atoms with Crippen molar-refractivity contribution in [3.05, 3.63) is 35.9 Å². The Kier molecular flexibility index (Phi) is 4.86. The topological polar surface area (TPSA) is 15.3 Å². The third-order valence-corrected chi connectivity index (χ3v) is 4.45. The van der Waals surface area contributed by atoms with E-state index in [9.17, 15) is 0 Å². The van der Waals surface area contributed by atoms with Crippen molar-refractivity contribution in [2.75, 3.05) is 23.3 Å². The molecule has 0 aromatic heterocycles. The Bertz CT molecular complexity index is 271. The normalized spacial score (nSPS) is 18.7. The van der Waals surface area contributed by atoms with E-state index in [1.54, 1.807) is 0 Å². The van der Waals surface area contributed by atoms with Gasteiger partial charge in [-0.3, -0.25) is 0 Å². The van der Waals surface area contributed by atoms with E-state index >= 15 is 0 Å². The average molecular weight is 240 g/mol. The first kappa shape index (κ1) is 11.3. The first-order valence-electron chi connectivity index (χ1n) is 5.13. The van der Waals surface area contributed by atoms with Gasteiger partial charge in [0.25, 0.3) is 0 Å². The fourth-order valence-corrected chi connectivity index (χ4v) is 3.52. The highest BCUT2D eigenvalue weighted by Crippen LogP contribution is 2.15. The minimum atomic E-state index is 0.932. The summed E-state index contributed by atoms with van der Waals surface area (Å²) in [5.41, 5.74) is 4.81. The third kappa shape index (κ3) is 4.07. The lowest BCUT2D eigenvalue weighted by molar-refractivity contribution is 0.262. The van der Waals surface area contributed by atoms with E-state index in [4.69, 9.17) is 0 Å². The van der Waals surface area contributed by atoms with Crippen molar-refractivity contribution in [2.24, 2.45) is 0 Å². The zero-order chi connectivity index (χ0) is 10.3. The highest BCUT2D eigenvalue weighted by atomic mass is 32.2. The Morgan fingerprint density at radius 2 is 1.73 bits per heavy atom. The van der Waals surface area contributed by atoms with Crippen LogP contribution < -0.4 is 5.43 Å². The molecule has 0 saturated carbocycles. The SMILES string of the molecule is c1ccc(CNN2CSCCSC2)cc1. The first-order chi connectivity index (χ1) is 7.45. The van der Waals surface area contributed by atoms with Crippen LogP contribution in [0.3, 0.4) is 0 Å². The van der Waals surface area contributed by atoms with Gasteiger partial charge < -0.3 is 0 Å². The predicted molar refractivity (Wildman–Crippen MR) is 69.8 cm³/mol. The van der Waals surface area contributed by atoms with Gasteiger partial charge in [-0.15, -0.1) is 23.5 Å². The summed E-state index contributed by atoms with van der Waals surface area (Å²) >= 11 is 4.00. The number of nitrogens with one attached hydrogen (secondary N) is 1. The number of hydrogen-bond donors (Lipinski definition) is 1. The fourth-order valence-electron chi connectivity index (χ4n) is 1.39. The van der Waals surface area contributed by atoms with Crippen LogP contribution in [-0.2, 0) is 6.54 Å². The van der Waals surface area contributed by atoms with E-state index in [1.807, 2.05) is 23.5 Å². The number of hydrazine groups is 1. The summed E-state index contributed by atoms with van der Waals surface area (Å²) in [6.45, 7) is 0.932. The van der Waals surface area contributed by atoms with Gasteiger partial charge in [-0.05, 0) is 5.56 Å². The smallest absolute Gasteiger partial charge is 0.0597 e. The first-order valence-corrected chi connectivity index (χ1v) is 7.44. The molecule has 1 fully saturated rings. The Hall–Kier alpha value is -0.160. The van der Waals surface area contributed by atoms with Gasteiger partial charge in [0.1, 0.15) is 0 Å². The maximum Gasteiger partial charge on any atom is 0.0597 e. The minimum Gasteiger partial charge on any atom is -0.249 e. The van der Waals surface area contributed by atoms with Gasteiger partial charge in [0, 0.05) is 18.1 Å². The van der Waals surface area contributed by atoms with Gasteiger partial charge in [0.2, 0.25) is 0 Å². The molecule has 1 saturated heterocycles. The van der Waals surface area contributed by atoms with Crippen molar-refractivity contribution < 1.29 is 0 Å². The van der Waals surface area contributed by atoms with Crippen molar-refractivity contribution in [3.63, 3.8) is 0 Å². The van der Waals surface area contributed by atoms with E-state index in [1.165, 1.54) is 17.1 Å². The summed E-state index contributed by atoms with van der Waals surface area (Å²) in [6, 6.07) is 10.5. The second kappa shape index (κ2) is 6.43. The summed E-state index contributed by atoms with van der Waals surface area (Å²) in [5.74, 6) is 4.74. The van der Waals surface area contributed by atoms with Gasteiger partial charge in [-0.1, -0.05) is 30.3 Å². The number of nitrogens with zero attached hydrogens (tertiary/aromatic N) is 1. The van der Waals surface area contributed by atoms with Crippen LogP contribution in [0.5, 0.6) is 0 Å². The van der Waals surface area contributed by atoms with E-state index in [0.717, 1.165) is 18.3 Å². The Balaban J connectivity index is 1.77. The molecule has 1 aliphatic rings. The molecular formula is C11H16N2S2. The van der Waals surface area contributed by atoms with Gasteiger partial charge >= 0.3 is 0 Å². The molecule has 0 aliphatic carbocycles. The number of rotatable bonds is 3. The molecule has 0 radical (unpaired) electrons. The van der Waals surface area contributed by atoms with Crippen LogP contribution in [-0.4, -0.2) is 28.3 Å². The van der Waals surface area contributed by atoms with Crippen LogP contribution in [0.2, 0.25) is 0 Å². The summed E-state index contributed by atoms with van der Waals surface area (Å²) in [5, 5.41) is 2.30. The molecule has 1 aromatic carbocycles. The average Bonchev–Trinajstić information content (AvgIpc) is 2.56. The molecule has 1 aromatic rings. The molecule has 2 rings (SSSR count). The molecule has 0 bridgehead atoms. The highest BCUT2D eigenvalue weighted by molar-refractivity contribution is 8.03. The third-order valence-electron chi connectivity index (χ3n) is 2.22. The van der Waals surface area contributed by atoms with Crippen LogP contribution >= 0.6 is 23.5 Å². The van der Waals surface area contributed by atoms with Crippen molar-refractivity contribution in [1.82, 2.24) is 10.4 Å². The van der Waals surface area contributed by atoms with Gasteiger partial charge in [-0.25, -0.2) is 10.4 Å². The molecule has 4 heteroatoms. The van der Waals surface area contributed by atoms with E-state index in [2.05, 4.69) is 40.8 Å². The summed E-state index contributed by atoms with van der Waals surface area (Å²) in [4.78, 5) is 0. The molecule has 0 unspecified atom stereocenters. The molecule has 0 atom stereocenters. The van der Waals surface area contributed by atoms with Gasteiger partial charge in [0.05, 0.1) is 11.8 Å². The zero-order valence-corrected chi connectivity index (χ0v) is 10.3. The molecule has 15 heavy (non-hydrogen) atoms. The van der Waals surface area contributed by atoms with Crippen molar-refractivity contribution in [1.29, 1.82) is 0 Å². The van der Waals surface area contributed by atoms with Gasteiger partial charge in [0.15, 0.2) is 0 Å². The molecule has 1 heterocycles. The maximum atomic E-state index is 3.47. The van der Waals surface area contributed by atoms with Crippen LogP contribution in [0.1, 0.15) is 5.56 Å². The molecule has 0 amide bonds. The largest absolute Gasteiger partial charge is 0.249 e. The van der Waals surface area contributed by atoms with Crippen LogP contribution in [0.15, 0.2) is 30.3 Å². The van der Waals surface area contributed by atoms with E-state index < -0.39 is 0 Å². The monoisotopic (exact) mass is 240 g/mol. The zero-order valence-electron chi connectivity index (χ0n) is 8.69. The summed E-state index contributed by atoms with van der Waals surface area (Å²) < 4.78 is 0. The standard InChI is InChI=1S/C11H16N2S2/c1-2-4-11(5-3-1)8-12-13-9-14-6-7-15-10-13/h1-5,12H,6-10H2. The molecule has 1 N–H and O–H groups in total. The van der Waals surface area contributed by atoms with E-state index in [-0.39, 0.29) is 0 Å². The maximum absolute atomic E-state index is 3.47. The summed E-state index contributed by atoms with van der Waals surface area (Å²) in [7, 11) is 0. The molecule has 1 aliphatic heterocycles. The number of benzene rings is 1.